The third kappa shape index (κ3) is 2.25. The predicted molar refractivity (Wildman–Crippen MR) is 71.4 cm³/mol. The molecule has 3 rings (SSSR count). The maximum absolute atomic E-state index is 13.4. The smallest absolute Gasteiger partial charge is 0.159 e. The van der Waals surface area contributed by atoms with Crippen LogP contribution in [-0.4, -0.2) is 5.71 Å². The SMILES string of the molecule is N=C1C=C2C=CCCC2C(c2ccc(F)c(F)c2)C1. The molecule has 1 nitrogen and oxygen atoms in total. The number of nitrogens with one attached hydrogen (secondary N) is 1. The summed E-state index contributed by atoms with van der Waals surface area (Å²) < 4.78 is 26.4. The van der Waals surface area contributed by atoms with Crippen LogP contribution in [0.25, 0.3) is 0 Å². The molecule has 0 aromatic heterocycles. The fourth-order valence-corrected chi connectivity index (χ4v) is 3.11. The number of hydrogen-bond donors (Lipinski definition) is 1. The Bertz CT molecular complexity index is 586. The Morgan fingerprint density at radius 2 is 1.95 bits per heavy atom. The van der Waals surface area contributed by atoms with Crippen LogP contribution in [-0.2, 0) is 0 Å². The van der Waals surface area contributed by atoms with Gasteiger partial charge in [-0.05, 0) is 60.4 Å². The highest BCUT2D eigenvalue weighted by Crippen LogP contribution is 2.42. The topological polar surface area (TPSA) is 23.9 Å². The van der Waals surface area contributed by atoms with Crippen molar-refractivity contribution in [3.8, 4) is 0 Å². The second kappa shape index (κ2) is 4.72. The molecule has 2 atom stereocenters. The second-order valence-corrected chi connectivity index (χ2v) is 5.24. The highest BCUT2D eigenvalue weighted by atomic mass is 19.2. The Morgan fingerprint density at radius 1 is 1.11 bits per heavy atom. The lowest BCUT2D eigenvalue weighted by Crippen LogP contribution is -2.24. The second-order valence-electron chi connectivity index (χ2n) is 5.24. The number of rotatable bonds is 1. The largest absolute Gasteiger partial charge is 0.305 e. The van der Waals surface area contributed by atoms with Gasteiger partial charge in [-0.15, -0.1) is 0 Å². The maximum Gasteiger partial charge on any atom is 0.159 e. The van der Waals surface area contributed by atoms with Crippen molar-refractivity contribution in [2.75, 3.05) is 0 Å². The molecule has 0 spiro atoms. The van der Waals surface area contributed by atoms with Gasteiger partial charge in [-0.2, -0.15) is 0 Å². The third-order valence-electron chi connectivity index (χ3n) is 4.02. The molecule has 0 saturated carbocycles. The zero-order valence-electron chi connectivity index (χ0n) is 10.5. The van der Waals surface area contributed by atoms with Gasteiger partial charge in [0.15, 0.2) is 11.6 Å². The van der Waals surface area contributed by atoms with Gasteiger partial charge in [0.2, 0.25) is 0 Å². The van der Waals surface area contributed by atoms with Crippen LogP contribution >= 0.6 is 0 Å². The van der Waals surface area contributed by atoms with Gasteiger partial charge in [0.25, 0.3) is 0 Å². The van der Waals surface area contributed by atoms with Gasteiger partial charge in [-0.3, -0.25) is 0 Å². The summed E-state index contributed by atoms with van der Waals surface area (Å²) in [6, 6.07) is 4.12. The van der Waals surface area contributed by atoms with Gasteiger partial charge in [0, 0.05) is 5.71 Å². The zero-order chi connectivity index (χ0) is 13.4. The molecular weight excluding hydrogens is 244 g/mol. The number of halogens is 2. The van der Waals surface area contributed by atoms with E-state index in [0.29, 0.717) is 18.1 Å². The van der Waals surface area contributed by atoms with Crippen molar-refractivity contribution in [1.82, 2.24) is 0 Å². The van der Waals surface area contributed by atoms with Crippen LogP contribution in [0.1, 0.15) is 30.7 Å². The molecule has 0 aliphatic heterocycles. The molecule has 0 radical (unpaired) electrons. The Balaban J connectivity index is 2.00. The first-order valence-corrected chi connectivity index (χ1v) is 6.55. The lowest BCUT2D eigenvalue weighted by atomic mass is 9.70. The van der Waals surface area contributed by atoms with Crippen molar-refractivity contribution < 1.29 is 8.78 Å². The van der Waals surface area contributed by atoms with Crippen LogP contribution < -0.4 is 0 Å². The average Bonchev–Trinajstić information content (AvgIpc) is 2.41. The minimum absolute atomic E-state index is 0.0903. The first-order chi connectivity index (χ1) is 9.15. The summed E-state index contributed by atoms with van der Waals surface area (Å²) in [5, 5.41) is 7.91. The normalized spacial score (nSPS) is 26.0. The van der Waals surface area contributed by atoms with E-state index in [2.05, 4.69) is 12.2 Å². The molecule has 2 unspecified atom stereocenters. The van der Waals surface area contributed by atoms with Crippen LogP contribution in [0.15, 0.2) is 42.0 Å². The van der Waals surface area contributed by atoms with Crippen molar-refractivity contribution in [3.63, 3.8) is 0 Å². The maximum atomic E-state index is 13.4. The van der Waals surface area contributed by atoms with E-state index in [9.17, 15) is 8.78 Å². The monoisotopic (exact) mass is 259 g/mol. The first kappa shape index (κ1) is 12.3. The summed E-state index contributed by atoms with van der Waals surface area (Å²) in [6.07, 6.45) is 8.72. The molecule has 1 aromatic carbocycles. The van der Waals surface area contributed by atoms with Crippen LogP contribution in [0.3, 0.4) is 0 Å². The van der Waals surface area contributed by atoms with E-state index in [1.807, 2.05) is 6.08 Å². The van der Waals surface area contributed by atoms with E-state index in [-0.39, 0.29) is 5.92 Å². The van der Waals surface area contributed by atoms with Crippen molar-refractivity contribution in [3.05, 3.63) is 59.2 Å². The third-order valence-corrected chi connectivity index (χ3v) is 4.02. The summed E-state index contributed by atoms with van der Waals surface area (Å²) in [7, 11) is 0. The number of hydrogen-bond acceptors (Lipinski definition) is 1. The standard InChI is InChI=1S/C16H15F2N/c17-15-6-5-11(8-16(15)18)14-9-12(19)7-10-3-1-2-4-13(10)14/h1,3,5-8,13-14,19H,2,4,9H2. The zero-order valence-corrected chi connectivity index (χ0v) is 10.5. The van der Waals surface area contributed by atoms with Gasteiger partial charge < -0.3 is 5.41 Å². The van der Waals surface area contributed by atoms with Gasteiger partial charge in [-0.25, -0.2) is 8.78 Å². The summed E-state index contributed by atoms with van der Waals surface area (Å²) in [5.41, 5.74) is 2.51. The van der Waals surface area contributed by atoms with E-state index in [1.165, 1.54) is 12.1 Å². The number of fused-ring (bicyclic) bond motifs is 1. The van der Waals surface area contributed by atoms with Crippen molar-refractivity contribution in [1.29, 1.82) is 5.41 Å². The van der Waals surface area contributed by atoms with Gasteiger partial charge in [-0.1, -0.05) is 18.2 Å². The fourth-order valence-electron chi connectivity index (χ4n) is 3.11. The minimum atomic E-state index is -0.811. The Labute approximate surface area is 111 Å². The van der Waals surface area contributed by atoms with Crippen molar-refractivity contribution in [2.45, 2.75) is 25.2 Å². The molecule has 0 bridgehead atoms. The van der Waals surface area contributed by atoms with Gasteiger partial charge in [0.1, 0.15) is 0 Å². The van der Waals surface area contributed by atoms with Crippen LogP contribution in [0.5, 0.6) is 0 Å². The quantitative estimate of drug-likeness (QED) is 0.774. The molecule has 1 aromatic rings. The van der Waals surface area contributed by atoms with E-state index in [1.54, 1.807) is 6.07 Å². The van der Waals surface area contributed by atoms with E-state index in [0.717, 1.165) is 24.0 Å². The average molecular weight is 259 g/mol. The molecule has 3 heteroatoms. The molecule has 19 heavy (non-hydrogen) atoms. The lowest BCUT2D eigenvalue weighted by molar-refractivity contribution is 0.449. The summed E-state index contributed by atoms with van der Waals surface area (Å²) in [5.74, 6) is -1.20. The number of allylic oxidation sites excluding steroid dienone is 4. The highest BCUT2D eigenvalue weighted by molar-refractivity contribution is 5.95. The molecule has 1 N–H and O–H groups in total. The van der Waals surface area contributed by atoms with Crippen molar-refractivity contribution in [2.24, 2.45) is 5.92 Å². The van der Waals surface area contributed by atoms with E-state index >= 15 is 0 Å². The number of benzene rings is 1. The molecule has 2 aliphatic rings. The lowest BCUT2D eigenvalue weighted by Gasteiger charge is -2.34. The Hall–Kier alpha value is -1.77. The molecule has 98 valence electrons. The predicted octanol–water partition coefficient (Wildman–Crippen LogP) is 4.36. The van der Waals surface area contributed by atoms with Crippen LogP contribution in [0.4, 0.5) is 8.78 Å². The molecule has 0 fully saturated rings. The Morgan fingerprint density at radius 3 is 2.74 bits per heavy atom. The van der Waals surface area contributed by atoms with Gasteiger partial charge in [0.05, 0.1) is 0 Å². The Kier molecular flexibility index (Phi) is 3.05. The molecular formula is C16H15F2N. The van der Waals surface area contributed by atoms with E-state index in [4.69, 9.17) is 5.41 Å². The van der Waals surface area contributed by atoms with E-state index < -0.39 is 11.6 Å². The summed E-state index contributed by atoms with van der Waals surface area (Å²) >= 11 is 0. The highest BCUT2D eigenvalue weighted by Gasteiger charge is 2.31. The van der Waals surface area contributed by atoms with Gasteiger partial charge >= 0.3 is 0 Å². The minimum Gasteiger partial charge on any atom is -0.305 e. The first-order valence-electron chi connectivity index (χ1n) is 6.55. The fraction of sp³-hybridized carbons (Fsp3) is 0.312. The van der Waals surface area contributed by atoms with Crippen LogP contribution in [0.2, 0.25) is 0 Å². The molecule has 0 heterocycles. The summed E-state index contributed by atoms with van der Waals surface area (Å²) in [6.45, 7) is 0. The summed E-state index contributed by atoms with van der Waals surface area (Å²) in [4.78, 5) is 0. The molecule has 2 aliphatic carbocycles. The molecule has 0 saturated heterocycles. The van der Waals surface area contributed by atoms with Crippen LogP contribution in [0, 0.1) is 23.0 Å². The molecule has 0 amide bonds. The van der Waals surface area contributed by atoms with Crippen molar-refractivity contribution >= 4 is 5.71 Å².